The number of pyridine rings is 2. The first-order chi connectivity index (χ1) is 14.1. The van der Waals surface area contributed by atoms with Crippen molar-refractivity contribution in [3.8, 4) is 23.0 Å². The van der Waals surface area contributed by atoms with E-state index < -0.39 is 0 Å². The van der Waals surface area contributed by atoms with Crippen LogP contribution < -0.4 is 14.8 Å². The maximum absolute atomic E-state index is 6.08. The molecular formula is C20H21N7O2. The van der Waals surface area contributed by atoms with Gasteiger partial charge in [0.1, 0.15) is 23.1 Å². The predicted octanol–water partition coefficient (Wildman–Crippen LogP) is 3.06. The van der Waals surface area contributed by atoms with Gasteiger partial charge in [0.05, 0.1) is 30.5 Å². The predicted molar refractivity (Wildman–Crippen MR) is 108 cm³/mol. The first-order valence-corrected chi connectivity index (χ1v) is 9.42. The summed E-state index contributed by atoms with van der Waals surface area (Å²) in [4.78, 5) is 9.15. The molecule has 4 aromatic heterocycles. The van der Waals surface area contributed by atoms with E-state index in [-0.39, 0.29) is 6.10 Å². The molecule has 0 radical (unpaired) electrons. The number of ether oxygens (including phenoxy) is 2. The Hall–Kier alpha value is -3.62. The number of nitrogens with zero attached hydrogens (tertiary/aromatic N) is 6. The number of hydrogen-bond donors (Lipinski definition) is 1. The minimum atomic E-state index is 0.288. The molecule has 4 heterocycles. The summed E-state index contributed by atoms with van der Waals surface area (Å²) in [5.74, 6) is 2.80. The highest BCUT2D eigenvalue weighted by Gasteiger charge is 2.25. The Morgan fingerprint density at radius 1 is 1.07 bits per heavy atom. The van der Waals surface area contributed by atoms with Crippen LogP contribution in [0.25, 0.3) is 22.4 Å². The van der Waals surface area contributed by atoms with Crippen LogP contribution in [0.1, 0.15) is 12.8 Å². The number of fused-ring (bicyclic) bond motifs is 1. The molecule has 0 atom stereocenters. The highest BCUT2D eigenvalue weighted by molar-refractivity contribution is 5.84. The van der Waals surface area contributed by atoms with Crippen LogP contribution in [0.15, 0.2) is 36.5 Å². The molecule has 0 aliphatic heterocycles. The van der Waals surface area contributed by atoms with Crippen molar-refractivity contribution in [1.82, 2.24) is 29.5 Å². The van der Waals surface area contributed by atoms with E-state index in [2.05, 4.69) is 20.5 Å². The van der Waals surface area contributed by atoms with Gasteiger partial charge in [-0.1, -0.05) is 6.07 Å². The van der Waals surface area contributed by atoms with Gasteiger partial charge in [0.15, 0.2) is 5.65 Å². The van der Waals surface area contributed by atoms with Crippen LogP contribution >= 0.6 is 0 Å². The normalized spacial score (nSPS) is 13.6. The lowest BCUT2D eigenvalue weighted by Gasteiger charge is -2.10. The Bertz CT molecular complexity index is 1190. The molecule has 1 saturated carbocycles. The van der Waals surface area contributed by atoms with Gasteiger partial charge in [-0.2, -0.15) is 10.2 Å². The molecule has 0 amide bonds. The van der Waals surface area contributed by atoms with Crippen molar-refractivity contribution in [3.05, 3.63) is 36.5 Å². The van der Waals surface area contributed by atoms with Crippen LogP contribution in [0.3, 0.4) is 0 Å². The van der Waals surface area contributed by atoms with Crippen molar-refractivity contribution in [2.24, 2.45) is 14.1 Å². The van der Waals surface area contributed by atoms with Gasteiger partial charge in [0.25, 0.3) is 0 Å². The summed E-state index contributed by atoms with van der Waals surface area (Å²) in [5.41, 5.74) is 2.24. The zero-order chi connectivity index (χ0) is 20.0. The first-order valence-electron chi connectivity index (χ1n) is 9.42. The third-order valence-electron chi connectivity index (χ3n) is 4.82. The summed E-state index contributed by atoms with van der Waals surface area (Å²) in [6, 6.07) is 9.44. The van der Waals surface area contributed by atoms with Crippen LogP contribution in [0.2, 0.25) is 0 Å². The fourth-order valence-electron chi connectivity index (χ4n) is 3.12. The number of rotatable bonds is 6. The quantitative estimate of drug-likeness (QED) is 0.540. The molecule has 148 valence electrons. The number of hydrogen-bond acceptors (Lipinski definition) is 7. The fraction of sp³-hybridized carbons (Fsp3) is 0.300. The molecule has 1 fully saturated rings. The summed E-state index contributed by atoms with van der Waals surface area (Å²) in [5, 5.41) is 13.1. The van der Waals surface area contributed by atoms with Crippen molar-refractivity contribution in [2.45, 2.75) is 18.9 Å². The minimum Gasteiger partial charge on any atom is -0.489 e. The van der Waals surface area contributed by atoms with Gasteiger partial charge in [0, 0.05) is 32.3 Å². The van der Waals surface area contributed by atoms with E-state index in [0.717, 1.165) is 46.8 Å². The molecular weight excluding hydrogens is 370 g/mol. The highest BCUT2D eigenvalue weighted by Crippen LogP contribution is 2.34. The van der Waals surface area contributed by atoms with Crippen molar-refractivity contribution >= 4 is 22.7 Å². The zero-order valence-corrected chi connectivity index (χ0v) is 16.5. The number of methoxy groups -OCH3 is 1. The lowest BCUT2D eigenvalue weighted by atomic mass is 10.2. The van der Waals surface area contributed by atoms with Gasteiger partial charge in [-0.3, -0.25) is 9.36 Å². The van der Waals surface area contributed by atoms with Gasteiger partial charge in [-0.05, 0) is 18.9 Å². The lowest BCUT2D eigenvalue weighted by Crippen LogP contribution is -2.04. The number of aromatic nitrogens is 6. The molecule has 0 unspecified atom stereocenters. The monoisotopic (exact) mass is 391 g/mol. The van der Waals surface area contributed by atoms with Gasteiger partial charge >= 0.3 is 0 Å². The van der Waals surface area contributed by atoms with Crippen LogP contribution in [0.5, 0.6) is 11.6 Å². The number of nitrogens with one attached hydrogen (secondary N) is 1. The molecule has 0 saturated heterocycles. The maximum atomic E-state index is 6.08. The average molecular weight is 391 g/mol. The molecule has 0 spiro atoms. The maximum Gasteiger partial charge on any atom is 0.213 e. The Kier molecular flexibility index (Phi) is 4.08. The summed E-state index contributed by atoms with van der Waals surface area (Å²) in [7, 11) is 5.34. The average Bonchev–Trinajstić information content (AvgIpc) is 3.36. The number of aryl methyl sites for hydroxylation is 2. The van der Waals surface area contributed by atoms with Crippen LogP contribution in [0.4, 0.5) is 11.6 Å². The van der Waals surface area contributed by atoms with E-state index in [1.165, 1.54) is 0 Å². The summed E-state index contributed by atoms with van der Waals surface area (Å²) >= 11 is 0. The fourth-order valence-corrected chi connectivity index (χ4v) is 3.12. The van der Waals surface area contributed by atoms with E-state index in [9.17, 15) is 0 Å². The van der Waals surface area contributed by atoms with Crippen molar-refractivity contribution in [3.63, 3.8) is 0 Å². The van der Waals surface area contributed by atoms with Crippen molar-refractivity contribution < 1.29 is 9.47 Å². The summed E-state index contributed by atoms with van der Waals surface area (Å²) < 4.78 is 14.8. The second-order valence-corrected chi connectivity index (χ2v) is 7.06. The van der Waals surface area contributed by atoms with Gasteiger partial charge < -0.3 is 14.8 Å². The SMILES string of the molecule is COc1cccc(-c2cc(Nc3cc(OC4CC4)c4cnn(C)c4n3)n(C)n2)n1. The third kappa shape index (κ3) is 3.35. The molecule has 1 aliphatic carbocycles. The molecule has 1 aliphatic rings. The van der Waals surface area contributed by atoms with Gasteiger partial charge in [0.2, 0.25) is 5.88 Å². The summed E-state index contributed by atoms with van der Waals surface area (Å²) in [6.45, 7) is 0. The molecule has 1 N–H and O–H groups in total. The second-order valence-electron chi connectivity index (χ2n) is 7.06. The summed E-state index contributed by atoms with van der Waals surface area (Å²) in [6.07, 6.45) is 4.26. The Labute approximate surface area is 167 Å². The van der Waals surface area contributed by atoms with Crippen LogP contribution in [-0.2, 0) is 14.1 Å². The molecule has 9 heteroatoms. The van der Waals surface area contributed by atoms with E-state index in [4.69, 9.17) is 14.5 Å². The Morgan fingerprint density at radius 2 is 1.93 bits per heavy atom. The molecule has 5 rings (SSSR count). The second kappa shape index (κ2) is 6.77. The third-order valence-corrected chi connectivity index (χ3v) is 4.82. The first kappa shape index (κ1) is 17.5. The highest BCUT2D eigenvalue weighted by atomic mass is 16.5. The largest absolute Gasteiger partial charge is 0.489 e. The standard InChI is InChI=1S/C20H21N7O2/c1-26-18(9-15(25-26)14-5-4-6-19(22-14)28-3)23-17-10-16(29-12-7-8-12)13-11-21-27(2)20(13)24-17/h4-6,9-12H,7-8H2,1-3H3,(H,23,24). The Balaban J connectivity index is 1.49. The van der Waals surface area contributed by atoms with Crippen molar-refractivity contribution in [2.75, 3.05) is 12.4 Å². The molecule has 0 aromatic carbocycles. The van der Waals surface area contributed by atoms with Gasteiger partial charge in [-0.25, -0.2) is 9.97 Å². The molecule has 4 aromatic rings. The van der Waals surface area contributed by atoms with Gasteiger partial charge in [-0.15, -0.1) is 0 Å². The molecule has 0 bridgehead atoms. The smallest absolute Gasteiger partial charge is 0.213 e. The lowest BCUT2D eigenvalue weighted by molar-refractivity contribution is 0.307. The zero-order valence-electron chi connectivity index (χ0n) is 16.5. The molecule has 9 nitrogen and oxygen atoms in total. The van der Waals surface area contributed by atoms with E-state index in [1.54, 1.807) is 28.7 Å². The van der Waals surface area contributed by atoms with E-state index in [0.29, 0.717) is 11.7 Å². The Morgan fingerprint density at radius 3 is 2.72 bits per heavy atom. The van der Waals surface area contributed by atoms with Crippen LogP contribution in [0, 0.1) is 0 Å². The number of anilines is 2. The van der Waals surface area contributed by atoms with Crippen molar-refractivity contribution in [1.29, 1.82) is 0 Å². The van der Waals surface area contributed by atoms with E-state index in [1.807, 2.05) is 38.4 Å². The van der Waals surface area contributed by atoms with Crippen LogP contribution in [-0.4, -0.2) is 42.7 Å². The van der Waals surface area contributed by atoms with E-state index >= 15 is 0 Å². The molecule has 29 heavy (non-hydrogen) atoms. The minimum absolute atomic E-state index is 0.288. The topological polar surface area (TPSA) is 91.9 Å².